The van der Waals surface area contributed by atoms with Crippen LogP contribution in [0.2, 0.25) is 0 Å². The molecule has 2 amide bonds. The second-order valence-corrected chi connectivity index (χ2v) is 10.3. The summed E-state index contributed by atoms with van der Waals surface area (Å²) >= 11 is 3.42. The molecule has 2 N–H and O–H groups in total. The highest BCUT2D eigenvalue weighted by Crippen LogP contribution is 2.28. The first-order valence-electron chi connectivity index (χ1n) is 12.6. The zero-order valence-corrected chi connectivity index (χ0v) is 24.2. The van der Waals surface area contributed by atoms with Gasteiger partial charge in [0, 0.05) is 4.47 Å². The lowest BCUT2D eigenvalue weighted by Crippen LogP contribution is -2.47. The lowest BCUT2D eigenvalue weighted by molar-refractivity contribution is -0.130. The quantitative estimate of drug-likeness (QED) is 0.203. The number of aryl methyl sites for hydroxylation is 1. The molecule has 0 saturated carbocycles. The van der Waals surface area contributed by atoms with Gasteiger partial charge < -0.3 is 19.5 Å². The Labute approximate surface area is 237 Å². The van der Waals surface area contributed by atoms with E-state index in [1.165, 1.54) is 6.21 Å². The van der Waals surface area contributed by atoms with E-state index in [4.69, 9.17) is 14.2 Å². The number of hydrogen-bond acceptors (Lipinski definition) is 6. The zero-order valence-electron chi connectivity index (χ0n) is 22.6. The van der Waals surface area contributed by atoms with Crippen molar-refractivity contribution in [2.75, 3.05) is 13.7 Å². The molecule has 3 aromatic rings. The Hall–Kier alpha value is -3.85. The van der Waals surface area contributed by atoms with E-state index in [1.54, 1.807) is 25.3 Å². The van der Waals surface area contributed by atoms with E-state index in [2.05, 4.69) is 31.8 Å². The number of rotatable bonds is 13. The average molecular weight is 597 g/mol. The van der Waals surface area contributed by atoms with Crippen LogP contribution in [0.15, 0.2) is 76.3 Å². The third-order valence-electron chi connectivity index (χ3n) is 5.69. The molecule has 3 aromatic carbocycles. The maximum absolute atomic E-state index is 12.8. The number of carbonyl (C=O) groups is 2. The molecule has 0 heterocycles. The van der Waals surface area contributed by atoms with Crippen LogP contribution in [0.1, 0.15) is 37.0 Å². The molecule has 0 fully saturated rings. The van der Waals surface area contributed by atoms with Gasteiger partial charge in [0.05, 0.1) is 13.3 Å². The SMILES string of the molecule is COc1cc(/C=N\NC(=O)[C@H](CC(C)C)NC(=O)COc2ccccc2C)ccc1OCc1ccc(Br)cc1. The highest BCUT2D eigenvalue weighted by molar-refractivity contribution is 9.10. The van der Waals surface area contributed by atoms with Crippen molar-refractivity contribution in [3.63, 3.8) is 0 Å². The largest absolute Gasteiger partial charge is 0.493 e. The Morgan fingerprint density at radius 2 is 1.72 bits per heavy atom. The van der Waals surface area contributed by atoms with Crippen LogP contribution in [-0.4, -0.2) is 37.8 Å². The Balaban J connectivity index is 1.56. The Morgan fingerprint density at radius 3 is 2.41 bits per heavy atom. The van der Waals surface area contributed by atoms with Gasteiger partial charge in [-0.05, 0) is 72.4 Å². The van der Waals surface area contributed by atoms with Gasteiger partial charge in [0.15, 0.2) is 18.1 Å². The predicted molar refractivity (Wildman–Crippen MR) is 155 cm³/mol. The number of hydrogen-bond donors (Lipinski definition) is 2. The summed E-state index contributed by atoms with van der Waals surface area (Å²) in [5.74, 6) is 1.14. The monoisotopic (exact) mass is 595 g/mol. The van der Waals surface area contributed by atoms with Crippen LogP contribution in [0.4, 0.5) is 0 Å². The summed E-state index contributed by atoms with van der Waals surface area (Å²) in [6.45, 7) is 6.07. The molecule has 0 aliphatic carbocycles. The van der Waals surface area contributed by atoms with Crippen molar-refractivity contribution in [2.24, 2.45) is 11.0 Å². The maximum Gasteiger partial charge on any atom is 0.262 e. The van der Waals surface area contributed by atoms with Crippen molar-refractivity contribution in [1.82, 2.24) is 10.7 Å². The highest BCUT2D eigenvalue weighted by Gasteiger charge is 2.22. The molecule has 39 heavy (non-hydrogen) atoms. The van der Waals surface area contributed by atoms with Crippen molar-refractivity contribution in [2.45, 2.75) is 39.8 Å². The molecule has 8 nitrogen and oxygen atoms in total. The van der Waals surface area contributed by atoms with Crippen LogP contribution in [0.3, 0.4) is 0 Å². The number of methoxy groups -OCH3 is 1. The van der Waals surface area contributed by atoms with Crippen LogP contribution in [0.25, 0.3) is 0 Å². The number of benzene rings is 3. The number of nitrogens with zero attached hydrogens (tertiary/aromatic N) is 1. The molecule has 1 atom stereocenters. The van der Waals surface area contributed by atoms with Gasteiger partial charge in [-0.3, -0.25) is 9.59 Å². The second-order valence-electron chi connectivity index (χ2n) is 9.36. The third kappa shape index (κ3) is 9.76. The Bertz CT molecular complexity index is 1280. The standard InChI is InChI=1S/C30H34BrN3O5/c1-20(2)15-25(33-29(35)19-39-26-8-6-5-7-21(26)3)30(36)34-32-17-23-11-14-27(28(16-23)37-4)38-18-22-9-12-24(31)13-10-22/h5-14,16-17,20,25H,15,18-19H2,1-4H3,(H,33,35)(H,34,36)/b32-17-/t25-/m0/s1. The lowest BCUT2D eigenvalue weighted by Gasteiger charge is -2.19. The first kappa shape index (κ1) is 29.7. The van der Waals surface area contributed by atoms with Crippen molar-refractivity contribution >= 4 is 34.0 Å². The number of hydrazone groups is 1. The minimum Gasteiger partial charge on any atom is -0.493 e. The van der Waals surface area contributed by atoms with Gasteiger partial charge in [0.1, 0.15) is 18.4 Å². The molecule has 9 heteroatoms. The van der Waals surface area contributed by atoms with E-state index in [9.17, 15) is 9.59 Å². The van der Waals surface area contributed by atoms with Crippen molar-refractivity contribution < 1.29 is 23.8 Å². The van der Waals surface area contributed by atoms with Crippen LogP contribution in [0, 0.1) is 12.8 Å². The number of amides is 2. The fourth-order valence-electron chi connectivity index (χ4n) is 3.67. The molecule has 0 aromatic heterocycles. The number of carbonyl (C=O) groups excluding carboxylic acids is 2. The molecule has 0 aliphatic heterocycles. The first-order valence-corrected chi connectivity index (χ1v) is 13.4. The van der Waals surface area contributed by atoms with Crippen molar-refractivity contribution in [3.8, 4) is 17.2 Å². The molecule has 0 saturated heterocycles. The van der Waals surface area contributed by atoms with E-state index in [0.29, 0.717) is 35.8 Å². The molecule has 206 valence electrons. The summed E-state index contributed by atoms with van der Waals surface area (Å²) in [6.07, 6.45) is 1.96. The Morgan fingerprint density at radius 1 is 0.974 bits per heavy atom. The van der Waals surface area contributed by atoms with Gasteiger partial charge in [-0.25, -0.2) is 5.43 Å². The number of nitrogens with one attached hydrogen (secondary N) is 2. The zero-order chi connectivity index (χ0) is 28.2. The maximum atomic E-state index is 12.8. The van der Waals surface area contributed by atoms with Crippen LogP contribution in [-0.2, 0) is 16.2 Å². The number of halogens is 1. The number of ether oxygens (including phenoxy) is 3. The molecule has 0 aliphatic rings. The lowest BCUT2D eigenvalue weighted by atomic mass is 10.0. The summed E-state index contributed by atoms with van der Waals surface area (Å²) < 4.78 is 18.0. The van der Waals surface area contributed by atoms with Gasteiger partial charge in [-0.15, -0.1) is 0 Å². The second kappa shape index (κ2) is 14.9. The van der Waals surface area contributed by atoms with E-state index in [0.717, 1.165) is 15.6 Å². The summed E-state index contributed by atoms with van der Waals surface area (Å²) in [5, 5.41) is 6.83. The van der Waals surface area contributed by atoms with Crippen LogP contribution in [0.5, 0.6) is 17.2 Å². The fraction of sp³-hybridized carbons (Fsp3) is 0.300. The summed E-state index contributed by atoms with van der Waals surface area (Å²) in [5.41, 5.74) is 5.19. The summed E-state index contributed by atoms with van der Waals surface area (Å²) in [7, 11) is 1.56. The van der Waals surface area contributed by atoms with Gasteiger partial charge >= 0.3 is 0 Å². The molecule has 0 spiro atoms. The van der Waals surface area contributed by atoms with Crippen molar-refractivity contribution in [1.29, 1.82) is 0 Å². The minimum absolute atomic E-state index is 0.177. The molecule has 0 radical (unpaired) electrons. The topological polar surface area (TPSA) is 98.2 Å². The van der Waals surface area contributed by atoms with E-state index >= 15 is 0 Å². The van der Waals surface area contributed by atoms with E-state index < -0.39 is 11.9 Å². The van der Waals surface area contributed by atoms with Crippen molar-refractivity contribution in [3.05, 3.63) is 87.9 Å². The normalized spacial score (nSPS) is 11.7. The molecule has 0 bridgehead atoms. The highest BCUT2D eigenvalue weighted by atomic mass is 79.9. The van der Waals surface area contributed by atoms with Gasteiger partial charge in [-0.2, -0.15) is 5.10 Å². The fourth-order valence-corrected chi connectivity index (χ4v) is 3.94. The van der Waals surface area contributed by atoms with E-state index in [-0.39, 0.29) is 18.4 Å². The average Bonchev–Trinajstić information content (AvgIpc) is 2.92. The van der Waals surface area contributed by atoms with Gasteiger partial charge in [-0.1, -0.05) is 60.1 Å². The number of para-hydroxylation sites is 1. The summed E-state index contributed by atoms with van der Waals surface area (Å²) in [4.78, 5) is 25.3. The Kier molecular flexibility index (Phi) is 11.4. The van der Waals surface area contributed by atoms with Crippen LogP contribution >= 0.6 is 15.9 Å². The first-order chi connectivity index (χ1) is 18.7. The molecule has 0 unspecified atom stereocenters. The molecular formula is C30H34BrN3O5. The molecule has 3 rings (SSSR count). The van der Waals surface area contributed by atoms with E-state index in [1.807, 2.05) is 69.3 Å². The summed E-state index contributed by atoms with van der Waals surface area (Å²) in [6, 6.07) is 19.9. The molecular weight excluding hydrogens is 562 g/mol. The minimum atomic E-state index is -0.751. The van der Waals surface area contributed by atoms with Gasteiger partial charge in [0.25, 0.3) is 11.8 Å². The third-order valence-corrected chi connectivity index (χ3v) is 6.22. The van der Waals surface area contributed by atoms with Gasteiger partial charge in [0.2, 0.25) is 0 Å². The van der Waals surface area contributed by atoms with Crippen LogP contribution < -0.4 is 25.0 Å². The predicted octanol–water partition coefficient (Wildman–Crippen LogP) is 5.41. The smallest absolute Gasteiger partial charge is 0.262 e.